The van der Waals surface area contributed by atoms with Crippen molar-refractivity contribution in [2.45, 2.75) is 41.2 Å². The Bertz CT molecular complexity index is 567. The van der Waals surface area contributed by atoms with E-state index in [0.717, 1.165) is 16.8 Å². The third-order valence-electron chi connectivity index (χ3n) is 3.00. The first-order chi connectivity index (χ1) is 10.8. The molecule has 1 atom stereocenters. The minimum Gasteiger partial charge on any atom is -0.359 e. The summed E-state index contributed by atoms with van der Waals surface area (Å²) in [6.07, 6.45) is -0.193. The summed E-state index contributed by atoms with van der Waals surface area (Å²) in [6.45, 7) is 8.08. The Balaban J connectivity index is 0.000000901. The quantitative estimate of drug-likeness (QED) is 0.761. The standard InChI is InChI=1S/C15H13NO2.2C2H6.CH4/c17-14-10-18-15(11-6-2-1-3-7-11)12-8-4-5-9-13(12)16-14;2*1-2;/h1-9,15H,10H2,(H,16,17);2*1-2H3;1H4. The Morgan fingerprint density at radius 2 is 1.48 bits per heavy atom. The average molecular weight is 315 g/mol. The SMILES string of the molecule is C.CC.CC.O=C1COC(c2ccccc2)c2ccccc2N1. The summed E-state index contributed by atoms with van der Waals surface area (Å²) in [5.74, 6) is -0.110. The summed E-state index contributed by atoms with van der Waals surface area (Å²) in [7, 11) is 0. The van der Waals surface area contributed by atoms with Gasteiger partial charge in [-0.3, -0.25) is 4.79 Å². The average Bonchev–Trinajstić information content (AvgIpc) is 2.77. The van der Waals surface area contributed by atoms with Gasteiger partial charge in [0.1, 0.15) is 12.7 Å². The molecule has 3 heteroatoms. The number of hydrogen-bond acceptors (Lipinski definition) is 2. The maximum atomic E-state index is 11.6. The molecular weight excluding hydrogens is 286 g/mol. The molecule has 0 fully saturated rings. The molecule has 1 heterocycles. The monoisotopic (exact) mass is 315 g/mol. The summed E-state index contributed by atoms with van der Waals surface area (Å²) in [5, 5.41) is 2.86. The van der Waals surface area contributed by atoms with Crippen molar-refractivity contribution < 1.29 is 9.53 Å². The van der Waals surface area contributed by atoms with Crippen LogP contribution in [0, 0.1) is 0 Å². The van der Waals surface area contributed by atoms with Crippen LogP contribution in [0.3, 0.4) is 0 Å². The fourth-order valence-electron chi connectivity index (χ4n) is 2.18. The van der Waals surface area contributed by atoms with E-state index in [-0.39, 0.29) is 26.0 Å². The summed E-state index contributed by atoms with van der Waals surface area (Å²) in [6, 6.07) is 17.7. The Labute approximate surface area is 140 Å². The van der Waals surface area contributed by atoms with Crippen molar-refractivity contribution in [3.05, 3.63) is 65.7 Å². The van der Waals surface area contributed by atoms with Crippen LogP contribution in [-0.4, -0.2) is 12.5 Å². The highest BCUT2D eigenvalue weighted by Crippen LogP contribution is 2.33. The molecule has 1 aliphatic rings. The zero-order valence-electron chi connectivity index (χ0n) is 13.8. The normalized spacial score (nSPS) is 15.1. The number of hydrogen-bond donors (Lipinski definition) is 1. The molecule has 1 unspecified atom stereocenters. The molecule has 23 heavy (non-hydrogen) atoms. The van der Waals surface area contributed by atoms with E-state index in [0.29, 0.717) is 0 Å². The first-order valence-electron chi connectivity index (χ1n) is 7.90. The molecule has 2 aromatic rings. The van der Waals surface area contributed by atoms with E-state index < -0.39 is 0 Å². The lowest BCUT2D eigenvalue weighted by Gasteiger charge is -2.17. The second kappa shape index (κ2) is 11.4. The zero-order chi connectivity index (χ0) is 16.4. The second-order valence-corrected chi connectivity index (χ2v) is 4.24. The topological polar surface area (TPSA) is 38.3 Å². The van der Waals surface area contributed by atoms with E-state index in [1.54, 1.807) is 0 Å². The van der Waals surface area contributed by atoms with E-state index in [1.165, 1.54) is 0 Å². The van der Waals surface area contributed by atoms with Crippen molar-refractivity contribution >= 4 is 11.6 Å². The molecule has 0 saturated carbocycles. The maximum absolute atomic E-state index is 11.6. The fraction of sp³-hybridized carbons (Fsp3) is 0.350. The summed E-state index contributed by atoms with van der Waals surface area (Å²) in [5.41, 5.74) is 2.88. The van der Waals surface area contributed by atoms with Gasteiger partial charge < -0.3 is 10.1 Å². The van der Waals surface area contributed by atoms with Gasteiger partial charge in [0, 0.05) is 11.3 Å². The van der Waals surface area contributed by atoms with Crippen LogP contribution in [0.4, 0.5) is 5.69 Å². The number of fused-ring (bicyclic) bond motifs is 1. The van der Waals surface area contributed by atoms with Crippen molar-refractivity contribution in [2.24, 2.45) is 0 Å². The van der Waals surface area contributed by atoms with Crippen molar-refractivity contribution in [3.63, 3.8) is 0 Å². The highest BCUT2D eigenvalue weighted by molar-refractivity contribution is 5.93. The molecule has 0 spiro atoms. The van der Waals surface area contributed by atoms with E-state index >= 15 is 0 Å². The van der Waals surface area contributed by atoms with Crippen molar-refractivity contribution in [1.82, 2.24) is 0 Å². The van der Waals surface area contributed by atoms with Gasteiger partial charge in [-0.25, -0.2) is 0 Å². The summed E-state index contributed by atoms with van der Waals surface area (Å²) in [4.78, 5) is 11.6. The van der Waals surface area contributed by atoms with E-state index in [4.69, 9.17) is 4.74 Å². The Morgan fingerprint density at radius 1 is 0.913 bits per heavy atom. The van der Waals surface area contributed by atoms with Crippen LogP contribution in [0.2, 0.25) is 0 Å². The molecular formula is C20H29NO2. The van der Waals surface area contributed by atoms with Gasteiger partial charge in [-0.1, -0.05) is 83.7 Å². The maximum Gasteiger partial charge on any atom is 0.250 e. The molecule has 3 nitrogen and oxygen atoms in total. The highest BCUT2D eigenvalue weighted by atomic mass is 16.5. The number of amides is 1. The van der Waals surface area contributed by atoms with Gasteiger partial charge in [0.25, 0.3) is 0 Å². The Hall–Kier alpha value is -2.13. The van der Waals surface area contributed by atoms with Crippen molar-refractivity contribution in [1.29, 1.82) is 0 Å². The van der Waals surface area contributed by atoms with Crippen LogP contribution in [0.1, 0.15) is 52.4 Å². The van der Waals surface area contributed by atoms with Crippen molar-refractivity contribution in [2.75, 3.05) is 11.9 Å². The summed E-state index contributed by atoms with van der Waals surface area (Å²) < 4.78 is 5.72. The summed E-state index contributed by atoms with van der Waals surface area (Å²) >= 11 is 0. The Kier molecular flexibility index (Phi) is 10.4. The van der Waals surface area contributed by atoms with Gasteiger partial charge in [-0.05, 0) is 11.6 Å². The third-order valence-corrected chi connectivity index (χ3v) is 3.00. The molecule has 3 rings (SSSR count). The lowest BCUT2D eigenvalue weighted by atomic mass is 10.00. The van der Waals surface area contributed by atoms with E-state index in [2.05, 4.69) is 5.32 Å². The molecule has 126 valence electrons. The number of para-hydroxylation sites is 1. The molecule has 0 saturated heterocycles. The Morgan fingerprint density at radius 3 is 2.13 bits per heavy atom. The van der Waals surface area contributed by atoms with Gasteiger partial charge in [0.2, 0.25) is 5.91 Å². The first kappa shape index (κ1) is 20.9. The molecule has 0 bridgehead atoms. The first-order valence-corrected chi connectivity index (χ1v) is 7.90. The number of benzene rings is 2. The van der Waals surface area contributed by atoms with Crippen LogP contribution < -0.4 is 5.32 Å². The predicted octanol–water partition coefficient (Wildman–Crippen LogP) is 5.43. The lowest BCUT2D eigenvalue weighted by molar-refractivity contribution is -0.121. The van der Waals surface area contributed by atoms with Gasteiger partial charge in [0.15, 0.2) is 0 Å². The van der Waals surface area contributed by atoms with Crippen LogP contribution in [-0.2, 0) is 9.53 Å². The molecule has 0 aliphatic carbocycles. The number of rotatable bonds is 1. The number of anilines is 1. The van der Waals surface area contributed by atoms with Crippen LogP contribution in [0.5, 0.6) is 0 Å². The van der Waals surface area contributed by atoms with Gasteiger partial charge in [0.05, 0.1) is 0 Å². The van der Waals surface area contributed by atoms with Crippen LogP contribution >= 0.6 is 0 Å². The minimum absolute atomic E-state index is 0. The largest absolute Gasteiger partial charge is 0.359 e. The number of ether oxygens (including phenoxy) is 1. The molecule has 1 N–H and O–H groups in total. The molecule has 0 radical (unpaired) electrons. The minimum atomic E-state index is -0.193. The van der Waals surface area contributed by atoms with E-state index in [9.17, 15) is 4.79 Å². The molecule has 1 amide bonds. The lowest BCUT2D eigenvalue weighted by Crippen LogP contribution is -2.15. The van der Waals surface area contributed by atoms with Crippen LogP contribution in [0.25, 0.3) is 0 Å². The van der Waals surface area contributed by atoms with Gasteiger partial charge >= 0.3 is 0 Å². The highest BCUT2D eigenvalue weighted by Gasteiger charge is 2.23. The molecule has 0 aromatic heterocycles. The fourth-order valence-corrected chi connectivity index (χ4v) is 2.18. The molecule has 2 aromatic carbocycles. The predicted molar refractivity (Wildman–Crippen MR) is 98.7 cm³/mol. The second-order valence-electron chi connectivity index (χ2n) is 4.24. The van der Waals surface area contributed by atoms with Gasteiger partial charge in [-0.15, -0.1) is 0 Å². The third kappa shape index (κ3) is 5.53. The van der Waals surface area contributed by atoms with Gasteiger partial charge in [-0.2, -0.15) is 0 Å². The van der Waals surface area contributed by atoms with Crippen molar-refractivity contribution in [3.8, 4) is 0 Å². The number of nitrogens with one attached hydrogen (secondary N) is 1. The van der Waals surface area contributed by atoms with E-state index in [1.807, 2.05) is 82.3 Å². The number of carbonyl (C=O) groups is 1. The molecule has 1 aliphatic heterocycles. The van der Waals surface area contributed by atoms with Crippen LogP contribution in [0.15, 0.2) is 54.6 Å². The number of carbonyl (C=O) groups excluding carboxylic acids is 1. The zero-order valence-corrected chi connectivity index (χ0v) is 13.8. The smallest absolute Gasteiger partial charge is 0.250 e.